The summed E-state index contributed by atoms with van der Waals surface area (Å²) in [7, 11) is 2.78. The third-order valence-electron chi connectivity index (χ3n) is 20.9. The van der Waals surface area contributed by atoms with Crippen LogP contribution in [0, 0.1) is 0 Å². The molecular weight excluding hydrogens is 1350 g/mol. The van der Waals surface area contributed by atoms with Crippen molar-refractivity contribution in [3.8, 4) is 11.5 Å². The molecule has 5 N–H and O–H groups in total. The Bertz CT molecular complexity index is 4170. The van der Waals surface area contributed by atoms with Gasteiger partial charge in [0.05, 0.1) is 8.07 Å². The third-order valence-corrected chi connectivity index (χ3v) is 24.6. The van der Waals surface area contributed by atoms with E-state index < -0.39 is 8.07 Å². The number of phenolic OH excluding ortho intramolecular Hbond substituents is 2. The Labute approximate surface area is 623 Å². The van der Waals surface area contributed by atoms with Gasteiger partial charge in [-0.3, -0.25) is 0 Å². The van der Waals surface area contributed by atoms with Crippen molar-refractivity contribution in [2.75, 3.05) is 135 Å². The first-order valence-electron chi connectivity index (χ1n) is 37.4. The maximum atomic E-state index is 9.93. The molecule has 0 unspecified atom stereocenters. The van der Waals surface area contributed by atoms with Gasteiger partial charge in [-0.15, -0.1) is 0 Å². The van der Waals surface area contributed by atoms with Gasteiger partial charge >= 0.3 is 0 Å². The van der Waals surface area contributed by atoms with Crippen molar-refractivity contribution < 1.29 is 25.5 Å². The Kier molecular flexibility index (Phi) is 28.0. The zero-order valence-corrected chi connectivity index (χ0v) is 63.7. The minimum absolute atomic E-state index is 0.157. The molecule has 0 radical (unpaired) electrons. The average molecular weight is 1460 g/mol. The number of phenols is 2. The molecule has 4 heterocycles. The van der Waals surface area contributed by atoms with Crippen LogP contribution < -0.4 is 15.0 Å². The quantitative estimate of drug-likeness (QED) is 0.0278. The van der Waals surface area contributed by atoms with Crippen LogP contribution in [0.1, 0.15) is 107 Å². The number of hydrogen-bond acceptors (Lipinski definition) is 11. The van der Waals surface area contributed by atoms with Crippen LogP contribution in [0.15, 0.2) is 235 Å². The fraction of sp³-hybridized carbons (Fsp3) is 0.333. The molecule has 9 aromatic carbocycles. The lowest BCUT2D eigenvalue weighted by Gasteiger charge is -2.37. The molecule has 11 nitrogen and oxygen atoms in total. The van der Waals surface area contributed by atoms with Gasteiger partial charge in [-0.05, 0) is 241 Å². The number of aliphatic hydroxyl groups is 3. The molecule has 538 valence electrons. The van der Waals surface area contributed by atoms with Crippen LogP contribution >= 0.6 is 15.9 Å². The second kappa shape index (κ2) is 38.0. The summed E-state index contributed by atoms with van der Waals surface area (Å²) in [5, 5.41) is 50.2. The summed E-state index contributed by atoms with van der Waals surface area (Å²) >= 11 is 3.57. The van der Waals surface area contributed by atoms with Crippen LogP contribution in [0.5, 0.6) is 11.5 Å². The van der Waals surface area contributed by atoms with Gasteiger partial charge in [0.15, 0.2) is 0 Å². The van der Waals surface area contributed by atoms with Crippen molar-refractivity contribution in [2.24, 2.45) is 0 Å². The number of halogens is 1. The standard InChI is InChI=1S/C31H40N2O2Si.C31H36N2O2.C28H31BrN2O/c1-32-19-21-33(22-20-32)24-36(2,3)29-17-13-27(14-18-29)31(26-11-15-28(35)16-12-26)30(10-7-23-34)25-8-5-4-6-9-25;34-22-6-9-29(24-7-2-1-3-8-24)31(25-10-13-28(35)14-11-25)27-12-15-30-26(23-27)16-19-33(30)21-20-32-17-4-5-18-32;1-30-17-19-31(20-18-30)26-15-11-24(12-16-26)28(23-9-13-25(29)14-10-23)27(8-5-21-32)22-6-3-2-4-7-22/h4-6,8-9,11-18,34-35H,7,10,19-24H2,1-3H3;1-3,7-8,10-15,23,34-35H,4-6,9,16-22H2;2-4,6-7,9-16,32H,5,8,17-21H2,1H3/b31-30-;31-29-;28-27-. The Morgan fingerprint density at radius 1 is 0.388 bits per heavy atom. The second-order valence-corrected chi connectivity index (χ2v) is 34.3. The number of aromatic hydroxyl groups is 2. The highest BCUT2D eigenvalue weighted by molar-refractivity contribution is 9.10. The van der Waals surface area contributed by atoms with E-state index in [1.54, 1.807) is 24.3 Å². The van der Waals surface area contributed by atoms with E-state index in [0.29, 0.717) is 12.8 Å². The summed E-state index contributed by atoms with van der Waals surface area (Å²) in [6, 6.07) is 80.3. The summed E-state index contributed by atoms with van der Waals surface area (Å²) in [5.74, 6) is 0.536. The predicted octanol–water partition coefficient (Wildman–Crippen LogP) is 16.3. The van der Waals surface area contributed by atoms with Gasteiger partial charge in [-0.2, -0.15) is 0 Å². The zero-order chi connectivity index (χ0) is 71.9. The fourth-order valence-corrected chi connectivity index (χ4v) is 18.1. The molecule has 0 atom stereocenters. The maximum absolute atomic E-state index is 9.93. The number of likely N-dealkylation sites (N-methyl/N-ethyl adjacent to an activating group) is 2. The molecule has 13 rings (SSSR count). The molecular formula is C90H107BrN6O5Si. The first-order valence-corrected chi connectivity index (χ1v) is 41.4. The van der Waals surface area contributed by atoms with Crippen LogP contribution in [0.4, 0.5) is 11.4 Å². The van der Waals surface area contributed by atoms with Crippen molar-refractivity contribution in [3.05, 3.63) is 291 Å². The third kappa shape index (κ3) is 20.8. The lowest BCUT2D eigenvalue weighted by atomic mass is 9.86. The molecule has 13 heteroatoms. The highest BCUT2D eigenvalue weighted by Gasteiger charge is 2.29. The van der Waals surface area contributed by atoms with Gasteiger partial charge in [0, 0.05) is 108 Å². The number of allylic oxidation sites excluding steroid dienone is 3. The van der Waals surface area contributed by atoms with Crippen LogP contribution in [0.3, 0.4) is 0 Å². The van der Waals surface area contributed by atoms with Gasteiger partial charge in [0.2, 0.25) is 0 Å². The van der Waals surface area contributed by atoms with Gasteiger partial charge in [-0.1, -0.05) is 204 Å². The second-order valence-electron chi connectivity index (χ2n) is 28.7. The Morgan fingerprint density at radius 2 is 0.777 bits per heavy atom. The number of hydrogen-bond donors (Lipinski definition) is 5. The molecule has 0 aliphatic carbocycles. The maximum Gasteiger partial charge on any atom is 0.115 e. The summed E-state index contributed by atoms with van der Waals surface area (Å²) in [6.07, 6.45) is 9.48. The number of rotatable bonds is 25. The topological polar surface area (TPSA) is 121 Å². The number of piperazine rings is 2. The highest BCUT2D eigenvalue weighted by Crippen LogP contribution is 2.41. The number of nitrogens with zero attached hydrogens (tertiary/aromatic N) is 6. The molecule has 0 bridgehead atoms. The van der Waals surface area contributed by atoms with E-state index in [1.165, 1.54) is 127 Å². The van der Waals surface area contributed by atoms with E-state index >= 15 is 0 Å². The zero-order valence-electron chi connectivity index (χ0n) is 61.1. The monoisotopic (exact) mass is 1460 g/mol. The molecule has 0 spiro atoms. The van der Waals surface area contributed by atoms with Gasteiger partial charge in [0.1, 0.15) is 11.5 Å². The molecule has 103 heavy (non-hydrogen) atoms. The fourth-order valence-electron chi connectivity index (χ4n) is 15.1. The molecule has 4 aliphatic rings. The summed E-state index contributed by atoms with van der Waals surface area (Å²) in [6.45, 7) is 20.2. The number of fused-ring (bicyclic) bond motifs is 1. The SMILES string of the molecule is CN1CCN(C[Si](C)(C)c2ccc(/C(=C(/CCCO)c3ccccc3)c3ccc(O)cc3)cc2)CC1.CN1CCN(c2ccc(/C(=C(/CCCO)c3ccccc3)c3ccc(Br)cc3)cc2)CC1.OCCC/C(=C(\c1ccc(O)cc1)c1ccc2c(c1)CCN2CCN1CCCC1)c1ccccc1. The van der Waals surface area contributed by atoms with Crippen molar-refractivity contribution in [3.63, 3.8) is 0 Å². The van der Waals surface area contributed by atoms with E-state index in [-0.39, 0.29) is 31.3 Å². The van der Waals surface area contributed by atoms with E-state index in [4.69, 9.17) is 0 Å². The first kappa shape index (κ1) is 76.0. The van der Waals surface area contributed by atoms with E-state index in [0.717, 1.165) is 120 Å². The normalized spacial score (nSPS) is 16.0. The van der Waals surface area contributed by atoms with Crippen LogP contribution in [-0.2, 0) is 6.42 Å². The Balaban J connectivity index is 0.000000155. The van der Waals surface area contributed by atoms with Crippen molar-refractivity contribution in [1.82, 2.24) is 19.6 Å². The van der Waals surface area contributed by atoms with E-state index in [2.05, 4.69) is 242 Å². The lowest BCUT2D eigenvalue weighted by molar-refractivity contribution is 0.171. The number of benzene rings is 9. The summed E-state index contributed by atoms with van der Waals surface area (Å²) in [4.78, 5) is 15.0. The molecule has 0 amide bonds. The molecule has 3 fully saturated rings. The van der Waals surface area contributed by atoms with Gasteiger partial charge in [-0.25, -0.2) is 0 Å². The molecule has 4 aliphatic heterocycles. The van der Waals surface area contributed by atoms with Gasteiger partial charge < -0.3 is 54.9 Å². The summed E-state index contributed by atoms with van der Waals surface area (Å²) in [5.41, 5.74) is 21.9. The Hall–Kier alpha value is -8.18. The predicted molar refractivity (Wildman–Crippen MR) is 438 cm³/mol. The van der Waals surface area contributed by atoms with Crippen molar-refractivity contribution in [1.29, 1.82) is 0 Å². The number of aliphatic hydroxyl groups excluding tert-OH is 3. The van der Waals surface area contributed by atoms with E-state index in [1.807, 2.05) is 36.4 Å². The largest absolute Gasteiger partial charge is 0.508 e. The summed E-state index contributed by atoms with van der Waals surface area (Å²) < 4.78 is 1.07. The van der Waals surface area contributed by atoms with Crippen LogP contribution in [0.2, 0.25) is 13.1 Å². The molecule has 3 saturated heterocycles. The lowest BCUT2D eigenvalue weighted by Crippen LogP contribution is -2.56. The van der Waals surface area contributed by atoms with Gasteiger partial charge in [0.25, 0.3) is 0 Å². The molecule has 0 saturated carbocycles. The number of anilines is 2. The van der Waals surface area contributed by atoms with Crippen molar-refractivity contribution in [2.45, 2.75) is 70.9 Å². The average Bonchev–Trinajstić information content (AvgIpc) is 1.52. The molecule has 0 aromatic heterocycles. The Morgan fingerprint density at radius 3 is 1.21 bits per heavy atom. The van der Waals surface area contributed by atoms with Crippen LogP contribution in [-0.4, -0.2) is 178 Å². The first-order chi connectivity index (χ1) is 50.2. The van der Waals surface area contributed by atoms with Crippen molar-refractivity contribution >= 4 is 74.0 Å². The minimum atomic E-state index is -1.62. The highest BCUT2D eigenvalue weighted by atomic mass is 79.9. The van der Waals surface area contributed by atoms with E-state index in [9.17, 15) is 25.5 Å². The minimum Gasteiger partial charge on any atom is -0.508 e. The van der Waals surface area contributed by atoms with Crippen LogP contribution in [0.25, 0.3) is 33.4 Å². The molecule has 9 aromatic rings. The smallest absolute Gasteiger partial charge is 0.115 e. The number of likely N-dealkylation sites (tertiary alicyclic amines) is 1.